The fraction of sp³-hybridized carbons (Fsp3) is 0.375. The molecule has 2 rings (SSSR count). The van der Waals surface area contributed by atoms with Crippen molar-refractivity contribution in [2.75, 3.05) is 14.1 Å². The van der Waals surface area contributed by atoms with Gasteiger partial charge in [-0.3, -0.25) is 4.79 Å². The van der Waals surface area contributed by atoms with E-state index in [-0.39, 0.29) is 11.2 Å². The Labute approximate surface area is 124 Å². The zero-order valence-electron chi connectivity index (χ0n) is 12.6. The SMILES string of the molecule is Cc1cc(S[C@H](C)C(=O)N(C)C)nc2c(C)cccc12. The molecule has 2 aromatic rings. The van der Waals surface area contributed by atoms with Gasteiger partial charge >= 0.3 is 0 Å². The van der Waals surface area contributed by atoms with E-state index in [0.717, 1.165) is 10.5 Å². The average molecular weight is 288 g/mol. The number of carbonyl (C=O) groups excluding carboxylic acids is 1. The summed E-state index contributed by atoms with van der Waals surface area (Å²) >= 11 is 1.52. The molecular formula is C16H20N2OS. The zero-order chi connectivity index (χ0) is 14.9. The summed E-state index contributed by atoms with van der Waals surface area (Å²) in [5.74, 6) is 0.110. The normalized spacial score (nSPS) is 12.4. The van der Waals surface area contributed by atoms with E-state index < -0.39 is 0 Å². The van der Waals surface area contributed by atoms with Crippen molar-refractivity contribution in [3.05, 3.63) is 35.4 Å². The molecule has 20 heavy (non-hydrogen) atoms. The van der Waals surface area contributed by atoms with Crippen LogP contribution < -0.4 is 0 Å². The van der Waals surface area contributed by atoms with Gasteiger partial charge in [0.1, 0.15) is 0 Å². The van der Waals surface area contributed by atoms with E-state index in [1.807, 2.05) is 6.92 Å². The van der Waals surface area contributed by atoms with Crippen molar-refractivity contribution < 1.29 is 4.79 Å². The molecule has 4 heteroatoms. The second kappa shape index (κ2) is 5.83. The molecule has 0 spiro atoms. The second-order valence-corrected chi connectivity index (χ2v) is 6.60. The van der Waals surface area contributed by atoms with Crippen molar-refractivity contribution in [1.82, 2.24) is 9.88 Å². The van der Waals surface area contributed by atoms with Gasteiger partial charge in [-0.05, 0) is 38.0 Å². The van der Waals surface area contributed by atoms with E-state index in [1.54, 1.807) is 19.0 Å². The van der Waals surface area contributed by atoms with Gasteiger partial charge in [0.05, 0.1) is 15.8 Å². The average Bonchev–Trinajstić information content (AvgIpc) is 2.39. The number of thioether (sulfide) groups is 1. The first-order valence-corrected chi connectivity index (χ1v) is 7.53. The number of fused-ring (bicyclic) bond motifs is 1. The topological polar surface area (TPSA) is 33.2 Å². The highest BCUT2D eigenvalue weighted by Crippen LogP contribution is 2.28. The summed E-state index contributed by atoms with van der Waals surface area (Å²) < 4.78 is 0. The molecule has 0 saturated heterocycles. The molecule has 0 bridgehead atoms. The molecule has 0 radical (unpaired) electrons. The van der Waals surface area contributed by atoms with Crippen molar-refractivity contribution in [3.63, 3.8) is 0 Å². The van der Waals surface area contributed by atoms with Crippen LogP contribution in [0.25, 0.3) is 10.9 Å². The Morgan fingerprint density at radius 3 is 2.60 bits per heavy atom. The van der Waals surface area contributed by atoms with Crippen LogP contribution in [0.15, 0.2) is 29.3 Å². The molecule has 1 atom stereocenters. The molecule has 1 aromatic carbocycles. The molecule has 0 aliphatic carbocycles. The fourth-order valence-corrected chi connectivity index (χ4v) is 3.25. The lowest BCUT2D eigenvalue weighted by molar-refractivity contribution is -0.127. The van der Waals surface area contributed by atoms with Crippen LogP contribution in [0, 0.1) is 13.8 Å². The number of amides is 1. The third-order valence-electron chi connectivity index (χ3n) is 3.31. The highest BCUT2D eigenvalue weighted by Gasteiger charge is 2.17. The molecule has 106 valence electrons. The number of para-hydroxylation sites is 1. The van der Waals surface area contributed by atoms with E-state index in [9.17, 15) is 4.79 Å². The van der Waals surface area contributed by atoms with Crippen molar-refractivity contribution in [3.8, 4) is 0 Å². The van der Waals surface area contributed by atoms with Gasteiger partial charge in [0.25, 0.3) is 0 Å². The molecule has 1 heterocycles. The molecule has 3 nitrogen and oxygen atoms in total. The summed E-state index contributed by atoms with van der Waals surface area (Å²) in [6, 6.07) is 8.27. The van der Waals surface area contributed by atoms with Crippen molar-refractivity contribution >= 4 is 28.6 Å². The lowest BCUT2D eigenvalue weighted by atomic mass is 10.1. The summed E-state index contributed by atoms with van der Waals surface area (Å²) in [6.07, 6.45) is 0. The minimum absolute atomic E-state index is 0.110. The maximum Gasteiger partial charge on any atom is 0.235 e. The van der Waals surface area contributed by atoms with Gasteiger partial charge in [-0.1, -0.05) is 30.0 Å². The first-order chi connectivity index (χ1) is 9.40. The molecule has 1 amide bonds. The molecular weight excluding hydrogens is 268 g/mol. The zero-order valence-corrected chi connectivity index (χ0v) is 13.4. The number of hydrogen-bond donors (Lipinski definition) is 0. The number of rotatable bonds is 3. The maximum atomic E-state index is 11.9. The Kier molecular flexibility index (Phi) is 4.33. The minimum Gasteiger partial charge on any atom is -0.348 e. The standard InChI is InChI=1S/C16H20N2OS/c1-10-7-6-8-13-11(2)9-14(17-15(10)13)20-12(3)16(19)18(4)5/h6-9,12H,1-5H3/t12-/m1/s1. The summed E-state index contributed by atoms with van der Waals surface area (Å²) in [7, 11) is 3.56. The Balaban J connectivity index is 2.37. The van der Waals surface area contributed by atoms with Gasteiger partial charge < -0.3 is 4.90 Å². The molecule has 0 aliphatic heterocycles. The van der Waals surface area contributed by atoms with E-state index in [2.05, 4.69) is 38.1 Å². The second-order valence-electron chi connectivity index (χ2n) is 5.24. The van der Waals surface area contributed by atoms with Gasteiger partial charge in [-0.15, -0.1) is 0 Å². The predicted octanol–water partition coefficient (Wildman–Crippen LogP) is 3.42. The van der Waals surface area contributed by atoms with Crippen LogP contribution in [-0.4, -0.2) is 35.1 Å². The lowest BCUT2D eigenvalue weighted by Crippen LogP contribution is -2.29. The molecule has 0 aliphatic rings. The number of carbonyl (C=O) groups is 1. The van der Waals surface area contributed by atoms with E-state index >= 15 is 0 Å². The van der Waals surface area contributed by atoms with Gasteiger partial charge in [0.2, 0.25) is 5.91 Å². The van der Waals surface area contributed by atoms with Crippen LogP contribution in [-0.2, 0) is 4.79 Å². The van der Waals surface area contributed by atoms with Crippen molar-refractivity contribution in [1.29, 1.82) is 0 Å². The predicted molar refractivity (Wildman–Crippen MR) is 85.2 cm³/mol. The first-order valence-electron chi connectivity index (χ1n) is 6.65. The molecule has 0 fully saturated rings. The number of nitrogens with zero attached hydrogens (tertiary/aromatic N) is 2. The van der Waals surface area contributed by atoms with Gasteiger partial charge in [0.15, 0.2) is 0 Å². The lowest BCUT2D eigenvalue weighted by Gasteiger charge is -2.16. The molecule has 0 unspecified atom stereocenters. The Morgan fingerprint density at radius 1 is 1.25 bits per heavy atom. The van der Waals surface area contributed by atoms with Crippen LogP contribution in [0.1, 0.15) is 18.1 Å². The minimum atomic E-state index is -0.127. The summed E-state index contributed by atoms with van der Waals surface area (Å²) in [5, 5.41) is 1.96. The van der Waals surface area contributed by atoms with E-state index in [0.29, 0.717) is 0 Å². The van der Waals surface area contributed by atoms with E-state index in [1.165, 1.54) is 28.3 Å². The van der Waals surface area contributed by atoms with Crippen LogP contribution in [0.3, 0.4) is 0 Å². The summed E-state index contributed by atoms with van der Waals surface area (Å²) in [6.45, 7) is 6.08. The van der Waals surface area contributed by atoms with Gasteiger partial charge in [-0.25, -0.2) is 4.98 Å². The van der Waals surface area contributed by atoms with E-state index in [4.69, 9.17) is 4.98 Å². The first kappa shape index (κ1) is 14.9. The van der Waals surface area contributed by atoms with Crippen LogP contribution >= 0.6 is 11.8 Å². The largest absolute Gasteiger partial charge is 0.348 e. The summed E-state index contributed by atoms with van der Waals surface area (Å²) in [4.78, 5) is 18.3. The summed E-state index contributed by atoms with van der Waals surface area (Å²) in [5.41, 5.74) is 3.39. The highest BCUT2D eigenvalue weighted by atomic mass is 32.2. The number of hydrogen-bond acceptors (Lipinski definition) is 3. The van der Waals surface area contributed by atoms with Crippen molar-refractivity contribution in [2.24, 2.45) is 0 Å². The maximum absolute atomic E-state index is 11.9. The number of aryl methyl sites for hydroxylation is 2. The monoisotopic (exact) mass is 288 g/mol. The highest BCUT2D eigenvalue weighted by molar-refractivity contribution is 8.00. The number of pyridine rings is 1. The Morgan fingerprint density at radius 2 is 1.95 bits per heavy atom. The Hall–Kier alpha value is -1.55. The van der Waals surface area contributed by atoms with Crippen molar-refractivity contribution in [2.45, 2.75) is 31.0 Å². The molecule has 0 saturated carbocycles. The third kappa shape index (κ3) is 2.96. The van der Waals surface area contributed by atoms with Crippen LogP contribution in [0.5, 0.6) is 0 Å². The molecule has 1 aromatic heterocycles. The Bertz CT molecular complexity index is 652. The molecule has 0 N–H and O–H groups in total. The number of benzene rings is 1. The van der Waals surface area contributed by atoms with Crippen LogP contribution in [0.2, 0.25) is 0 Å². The van der Waals surface area contributed by atoms with Crippen LogP contribution in [0.4, 0.5) is 0 Å². The van der Waals surface area contributed by atoms with Gasteiger partial charge in [0, 0.05) is 19.5 Å². The fourth-order valence-electron chi connectivity index (χ4n) is 2.19. The smallest absolute Gasteiger partial charge is 0.235 e. The van der Waals surface area contributed by atoms with Gasteiger partial charge in [-0.2, -0.15) is 0 Å². The quantitative estimate of drug-likeness (QED) is 0.811. The number of aromatic nitrogens is 1. The third-order valence-corrected chi connectivity index (χ3v) is 4.32.